The maximum atomic E-state index is 13.2. The predicted molar refractivity (Wildman–Crippen MR) is 107 cm³/mol. The molecular weight excluding hydrogens is 411 g/mol. The lowest BCUT2D eigenvalue weighted by Gasteiger charge is -2.27. The fraction of sp³-hybridized carbons (Fsp3) is 0.200. The average molecular weight is 429 g/mol. The van der Waals surface area contributed by atoms with Crippen molar-refractivity contribution in [2.75, 3.05) is 23.4 Å². The molecule has 0 radical (unpaired) electrons. The minimum Gasteiger partial charge on any atom is -0.369 e. The van der Waals surface area contributed by atoms with Gasteiger partial charge in [0.1, 0.15) is 11.5 Å². The second-order valence-corrected chi connectivity index (χ2v) is 7.43. The maximum absolute atomic E-state index is 13.2. The number of hydrogen-bond donors (Lipinski definition) is 0. The highest BCUT2D eigenvalue weighted by Crippen LogP contribution is 2.23. The third kappa shape index (κ3) is 3.60. The van der Waals surface area contributed by atoms with Crippen molar-refractivity contribution in [2.45, 2.75) is 13.1 Å². The van der Waals surface area contributed by atoms with Crippen LogP contribution in [0.5, 0.6) is 0 Å². The standard InChI is InChI=1S/C20H18BrFN4O/c1-24(17-6-2-14(21)3-7-17)13-16-12-19-20(27)25(10-11-26(19)23-16)18-8-4-15(22)5-9-18/h2-9,12H,10-11,13H2,1H3. The van der Waals surface area contributed by atoms with Crippen LogP contribution in [0, 0.1) is 5.82 Å². The van der Waals surface area contributed by atoms with E-state index < -0.39 is 0 Å². The summed E-state index contributed by atoms with van der Waals surface area (Å²) in [6, 6.07) is 15.9. The quantitative estimate of drug-likeness (QED) is 0.628. The number of benzene rings is 2. The molecule has 0 aliphatic carbocycles. The first kappa shape index (κ1) is 17.7. The Morgan fingerprint density at radius 2 is 1.81 bits per heavy atom. The summed E-state index contributed by atoms with van der Waals surface area (Å²) in [5, 5.41) is 4.58. The fourth-order valence-corrected chi connectivity index (χ4v) is 3.49. The van der Waals surface area contributed by atoms with E-state index in [1.165, 1.54) is 12.1 Å². The van der Waals surface area contributed by atoms with Crippen LogP contribution in [0.3, 0.4) is 0 Å². The average Bonchev–Trinajstić information content (AvgIpc) is 3.07. The van der Waals surface area contributed by atoms with Gasteiger partial charge in [0, 0.05) is 29.4 Å². The number of halogens is 2. The van der Waals surface area contributed by atoms with Gasteiger partial charge in [-0.05, 0) is 54.6 Å². The fourth-order valence-electron chi connectivity index (χ4n) is 3.22. The molecule has 0 saturated carbocycles. The van der Waals surface area contributed by atoms with E-state index in [2.05, 4.69) is 25.9 Å². The molecule has 0 unspecified atom stereocenters. The molecule has 1 aromatic heterocycles. The molecule has 2 aromatic carbocycles. The third-order valence-electron chi connectivity index (χ3n) is 4.64. The molecule has 0 bridgehead atoms. The number of carbonyl (C=O) groups excluding carboxylic acids is 1. The van der Waals surface area contributed by atoms with Gasteiger partial charge in [-0.3, -0.25) is 9.48 Å². The van der Waals surface area contributed by atoms with E-state index in [1.54, 1.807) is 21.7 Å². The minimum absolute atomic E-state index is 0.113. The van der Waals surface area contributed by atoms with E-state index in [9.17, 15) is 9.18 Å². The van der Waals surface area contributed by atoms with Gasteiger partial charge < -0.3 is 9.80 Å². The normalized spacial score (nSPS) is 13.6. The van der Waals surface area contributed by atoms with Gasteiger partial charge in [0.15, 0.2) is 0 Å². The van der Waals surface area contributed by atoms with Crippen LogP contribution in [0.1, 0.15) is 16.2 Å². The molecule has 3 aromatic rings. The van der Waals surface area contributed by atoms with Crippen molar-refractivity contribution < 1.29 is 9.18 Å². The van der Waals surface area contributed by atoms with Gasteiger partial charge in [0.2, 0.25) is 0 Å². The summed E-state index contributed by atoms with van der Waals surface area (Å²) in [4.78, 5) is 16.6. The molecule has 5 nitrogen and oxygen atoms in total. The Balaban J connectivity index is 1.53. The number of carbonyl (C=O) groups is 1. The summed E-state index contributed by atoms with van der Waals surface area (Å²) in [6.45, 7) is 1.73. The number of aromatic nitrogens is 2. The summed E-state index contributed by atoms with van der Waals surface area (Å²) >= 11 is 3.44. The van der Waals surface area contributed by atoms with E-state index >= 15 is 0 Å². The molecule has 7 heteroatoms. The van der Waals surface area contributed by atoms with Crippen LogP contribution in [0.15, 0.2) is 59.1 Å². The first-order valence-corrected chi connectivity index (χ1v) is 9.41. The largest absolute Gasteiger partial charge is 0.369 e. The summed E-state index contributed by atoms with van der Waals surface area (Å²) in [5.74, 6) is -0.426. The van der Waals surface area contributed by atoms with Crippen LogP contribution in [0.25, 0.3) is 0 Å². The van der Waals surface area contributed by atoms with Crippen LogP contribution >= 0.6 is 15.9 Å². The number of nitrogens with zero attached hydrogens (tertiary/aromatic N) is 4. The molecule has 2 heterocycles. The Labute approximate surface area is 165 Å². The Morgan fingerprint density at radius 3 is 2.52 bits per heavy atom. The van der Waals surface area contributed by atoms with Crippen molar-refractivity contribution in [3.05, 3.63) is 76.3 Å². The van der Waals surface area contributed by atoms with Gasteiger partial charge in [-0.2, -0.15) is 5.10 Å². The van der Waals surface area contributed by atoms with E-state index in [-0.39, 0.29) is 11.7 Å². The van der Waals surface area contributed by atoms with Gasteiger partial charge in [0.25, 0.3) is 5.91 Å². The molecular formula is C20H18BrFN4O. The van der Waals surface area contributed by atoms with Crippen molar-refractivity contribution in [1.29, 1.82) is 0 Å². The predicted octanol–water partition coefficient (Wildman–Crippen LogP) is 4.08. The first-order chi connectivity index (χ1) is 13.0. The van der Waals surface area contributed by atoms with Crippen LogP contribution in [0.4, 0.5) is 15.8 Å². The van der Waals surface area contributed by atoms with E-state index in [0.29, 0.717) is 31.0 Å². The minimum atomic E-state index is -0.313. The van der Waals surface area contributed by atoms with Crippen molar-refractivity contribution in [2.24, 2.45) is 0 Å². The number of amides is 1. The number of anilines is 2. The van der Waals surface area contributed by atoms with Gasteiger partial charge in [-0.1, -0.05) is 15.9 Å². The Kier molecular flexibility index (Phi) is 4.70. The number of fused-ring (bicyclic) bond motifs is 1. The molecule has 1 aliphatic rings. The molecule has 0 saturated heterocycles. The lowest BCUT2D eigenvalue weighted by Crippen LogP contribution is -2.40. The molecule has 4 rings (SSSR count). The van der Waals surface area contributed by atoms with E-state index in [4.69, 9.17) is 0 Å². The molecule has 138 valence electrons. The number of rotatable bonds is 4. The lowest BCUT2D eigenvalue weighted by atomic mass is 10.2. The van der Waals surface area contributed by atoms with E-state index in [0.717, 1.165) is 15.9 Å². The Hall–Kier alpha value is -2.67. The Morgan fingerprint density at radius 1 is 1.11 bits per heavy atom. The van der Waals surface area contributed by atoms with Crippen molar-refractivity contribution >= 4 is 33.2 Å². The zero-order valence-electron chi connectivity index (χ0n) is 14.8. The van der Waals surface area contributed by atoms with Gasteiger partial charge in [-0.25, -0.2) is 4.39 Å². The molecule has 0 spiro atoms. The van der Waals surface area contributed by atoms with Gasteiger partial charge >= 0.3 is 0 Å². The molecule has 0 fully saturated rings. The van der Waals surface area contributed by atoms with Crippen LogP contribution < -0.4 is 9.80 Å². The summed E-state index contributed by atoms with van der Waals surface area (Å²) in [6.07, 6.45) is 0. The first-order valence-electron chi connectivity index (χ1n) is 8.62. The molecule has 27 heavy (non-hydrogen) atoms. The number of hydrogen-bond acceptors (Lipinski definition) is 3. The summed E-state index contributed by atoms with van der Waals surface area (Å²) in [5.41, 5.74) is 3.17. The second-order valence-electron chi connectivity index (χ2n) is 6.51. The maximum Gasteiger partial charge on any atom is 0.276 e. The smallest absolute Gasteiger partial charge is 0.276 e. The highest BCUT2D eigenvalue weighted by atomic mass is 79.9. The third-order valence-corrected chi connectivity index (χ3v) is 5.16. The molecule has 0 atom stereocenters. The van der Waals surface area contributed by atoms with E-state index in [1.807, 2.05) is 37.4 Å². The van der Waals surface area contributed by atoms with Crippen LogP contribution in [-0.4, -0.2) is 29.3 Å². The Bertz CT molecular complexity index is 969. The monoisotopic (exact) mass is 428 g/mol. The van der Waals surface area contributed by atoms with Crippen LogP contribution in [-0.2, 0) is 13.1 Å². The van der Waals surface area contributed by atoms with Crippen molar-refractivity contribution in [3.8, 4) is 0 Å². The zero-order valence-corrected chi connectivity index (χ0v) is 16.4. The van der Waals surface area contributed by atoms with Crippen LogP contribution in [0.2, 0.25) is 0 Å². The lowest BCUT2D eigenvalue weighted by molar-refractivity contribution is 0.0962. The summed E-state index contributed by atoms with van der Waals surface area (Å²) in [7, 11) is 1.99. The van der Waals surface area contributed by atoms with Crippen molar-refractivity contribution in [1.82, 2.24) is 9.78 Å². The molecule has 1 amide bonds. The summed E-state index contributed by atoms with van der Waals surface area (Å²) < 4.78 is 15.9. The highest BCUT2D eigenvalue weighted by molar-refractivity contribution is 9.10. The molecule has 0 N–H and O–H groups in total. The van der Waals surface area contributed by atoms with Crippen molar-refractivity contribution in [3.63, 3.8) is 0 Å². The topological polar surface area (TPSA) is 41.4 Å². The van der Waals surface area contributed by atoms with Gasteiger partial charge in [-0.15, -0.1) is 0 Å². The van der Waals surface area contributed by atoms with Gasteiger partial charge in [0.05, 0.1) is 18.8 Å². The zero-order chi connectivity index (χ0) is 19.0. The molecule has 1 aliphatic heterocycles. The highest BCUT2D eigenvalue weighted by Gasteiger charge is 2.27. The SMILES string of the molecule is CN(Cc1cc2n(n1)CCN(c1ccc(F)cc1)C2=O)c1ccc(Br)cc1. The second kappa shape index (κ2) is 7.15.